The number of rotatable bonds is 5. The molecule has 2 aliphatic rings. The van der Waals surface area contributed by atoms with Crippen LogP contribution >= 0.6 is 11.6 Å². The van der Waals surface area contributed by atoms with Crippen molar-refractivity contribution in [2.45, 2.75) is 12.3 Å². The van der Waals surface area contributed by atoms with Crippen molar-refractivity contribution in [3.05, 3.63) is 65.2 Å². The van der Waals surface area contributed by atoms with E-state index in [1.54, 1.807) is 29.2 Å². The van der Waals surface area contributed by atoms with Gasteiger partial charge in [0.05, 0.1) is 0 Å². The maximum atomic E-state index is 12.7. The normalized spacial score (nSPS) is 21.3. The van der Waals surface area contributed by atoms with E-state index in [-0.39, 0.29) is 24.3 Å². The van der Waals surface area contributed by atoms with Crippen molar-refractivity contribution < 1.29 is 14.3 Å². The van der Waals surface area contributed by atoms with Gasteiger partial charge in [0.1, 0.15) is 5.75 Å². The zero-order chi connectivity index (χ0) is 19.5. The first-order valence-electron chi connectivity index (χ1n) is 9.61. The molecular formula is C22H23ClN2O3. The number of ether oxygens (including phenoxy) is 1. The summed E-state index contributed by atoms with van der Waals surface area (Å²) >= 11 is 5.84. The predicted octanol–water partition coefficient (Wildman–Crippen LogP) is 3.19. The van der Waals surface area contributed by atoms with E-state index in [1.807, 2.05) is 23.1 Å². The average molecular weight is 399 g/mol. The van der Waals surface area contributed by atoms with Crippen LogP contribution in [0.3, 0.4) is 0 Å². The third kappa shape index (κ3) is 4.30. The van der Waals surface area contributed by atoms with E-state index in [2.05, 4.69) is 12.1 Å². The molecule has 1 heterocycles. The molecule has 6 heteroatoms. The second-order valence-corrected chi connectivity index (χ2v) is 7.74. The molecule has 0 N–H and O–H groups in total. The molecule has 146 valence electrons. The molecule has 5 nitrogen and oxygen atoms in total. The first-order chi connectivity index (χ1) is 13.6. The molecule has 0 radical (unpaired) electrons. The molecule has 28 heavy (non-hydrogen) atoms. The van der Waals surface area contributed by atoms with Gasteiger partial charge in [0.2, 0.25) is 5.91 Å². The topological polar surface area (TPSA) is 49.9 Å². The number of benzene rings is 2. The van der Waals surface area contributed by atoms with E-state index >= 15 is 0 Å². The highest BCUT2D eigenvalue weighted by Gasteiger charge is 2.46. The molecule has 1 saturated carbocycles. The maximum absolute atomic E-state index is 12.7. The molecule has 0 spiro atoms. The maximum Gasteiger partial charge on any atom is 0.260 e. The molecule has 2 aromatic rings. The standard InChI is InChI=1S/C22H23ClN2O3/c23-17-6-8-18(9-7-17)28-15-21(26)24-10-12-25(13-11-24)22(27)20-14-19(20)16-4-2-1-3-5-16/h1-9,19-20H,10-15H2. The van der Waals surface area contributed by atoms with Gasteiger partial charge in [0.25, 0.3) is 5.91 Å². The van der Waals surface area contributed by atoms with Gasteiger partial charge in [-0.2, -0.15) is 0 Å². The summed E-state index contributed by atoms with van der Waals surface area (Å²) in [6, 6.07) is 17.2. The minimum Gasteiger partial charge on any atom is -0.484 e. The lowest BCUT2D eigenvalue weighted by Gasteiger charge is -2.35. The minimum absolute atomic E-state index is 0.00567. The van der Waals surface area contributed by atoms with Crippen LogP contribution < -0.4 is 4.74 Å². The zero-order valence-corrected chi connectivity index (χ0v) is 16.3. The van der Waals surface area contributed by atoms with E-state index < -0.39 is 0 Å². The Kier molecular flexibility index (Phi) is 5.53. The van der Waals surface area contributed by atoms with Crippen LogP contribution in [0, 0.1) is 5.92 Å². The number of amides is 2. The van der Waals surface area contributed by atoms with Crippen molar-refractivity contribution in [3.63, 3.8) is 0 Å². The first kappa shape index (κ1) is 18.8. The van der Waals surface area contributed by atoms with Crippen LogP contribution in [0.4, 0.5) is 0 Å². The molecule has 2 amide bonds. The number of piperazine rings is 1. The lowest BCUT2D eigenvalue weighted by Crippen LogP contribution is -2.52. The van der Waals surface area contributed by atoms with Gasteiger partial charge in [-0.1, -0.05) is 41.9 Å². The second kappa shape index (κ2) is 8.23. The Balaban J connectivity index is 1.22. The number of hydrogen-bond donors (Lipinski definition) is 0. The highest BCUT2D eigenvalue weighted by Crippen LogP contribution is 2.48. The van der Waals surface area contributed by atoms with Crippen molar-refractivity contribution in [3.8, 4) is 5.75 Å². The lowest BCUT2D eigenvalue weighted by molar-refractivity contribution is -0.141. The number of halogens is 1. The molecule has 0 aromatic heterocycles. The van der Waals surface area contributed by atoms with Crippen LogP contribution in [-0.4, -0.2) is 54.4 Å². The first-order valence-corrected chi connectivity index (χ1v) is 9.99. The van der Waals surface area contributed by atoms with Gasteiger partial charge in [-0.05, 0) is 42.2 Å². The number of carbonyl (C=O) groups excluding carboxylic acids is 2. The Morgan fingerprint density at radius 3 is 2.25 bits per heavy atom. The molecule has 2 aromatic carbocycles. The summed E-state index contributed by atoms with van der Waals surface area (Å²) in [5, 5.41) is 0.629. The van der Waals surface area contributed by atoms with Crippen molar-refractivity contribution in [2.24, 2.45) is 5.92 Å². The molecule has 2 atom stereocenters. The molecule has 2 fully saturated rings. The van der Waals surface area contributed by atoms with Gasteiger partial charge in [-0.3, -0.25) is 9.59 Å². The van der Waals surface area contributed by atoms with Crippen molar-refractivity contribution in [1.82, 2.24) is 9.80 Å². The Morgan fingerprint density at radius 2 is 1.57 bits per heavy atom. The predicted molar refractivity (Wildman–Crippen MR) is 107 cm³/mol. The monoisotopic (exact) mass is 398 g/mol. The fourth-order valence-electron chi connectivity index (χ4n) is 3.71. The number of nitrogens with zero attached hydrogens (tertiary/aromatic N) is 2. The highest BCUT2D eigenvalue weighted by molar-refractivity contribution is 6.30. The summed E-state index contributed by atoms with van der Waals surface area (Å²) in [6.45, 7) is 2.27. The van der Waals surface area contributed by atoms with Crippen LogP contribution in [0.25, 0.3) is 0 Å². The minimum atomic E-state index is -0.0596. The van der Waals surface area contributed by atoms with E-state index in [0.717, 1.165) is 6.42 Å². The van der Waals surface area contributed by atoms with Gasteiger partial charge in [-0.15, -0.1) is 0 Å². The van der Waals surface area contributed by atoms with E-state index in [1.165, 1.54) is 5.56 Å². The summed E-state index contributed by atoms with van der Waals surface area (Å²) in [7, 11) is 0. The average Bonchev–Trinajstić information content (AvgIpc) is 3.54. The summed E-state index contributed by atoms with van der Waals surface area (Å²) in [5.41, 5.74) is 1.24. The van der Waals surface area contributed by atoms with Crippen LogP contribution in [-0.2, 0) is 9.59 Å². The molecule has 1 saturated heterocycles. The van der Waals surface area contributed by atoms with E-state index in [4.69, 9.17) is 16.3 Å². The van der Waals surface area contributed by atoms with Gasteiger partial charge < -0.3 is 14.5 Å². The quantitative estimate of drug-likeness (QED) is 0.777. The Morgan fingerprint density at radius 1 is 0.929 bits per heavy atom. The van der Waals surface area contributed by atoms with E-state index in [9.17, 15) is 9.59 Å². The molecule has 1 aliphatic carbocycles. The molecule has 0 bridgehead atoms. The van der Waals surface area contributed by atoms with Gasteiger partial charge >= 0.3 is 0 Å². The highest BCUT2D eigenvalue weighted by atomic mass is 35.5. The van der Waals surface area contributed by atoms with Crippen LogP contribution in [0.2, 0.25) is 5.02 Å². The zero-order valence-electron chi connectivity index (χ0n) is 15.6. The summed E-state index contributed by atoms with van der Waals surface area (Å²) in [4.78, 5) is 28.8. The van der Waals surface area contributed by atoms with Gasteiger partial charge in [0.15, 0.2) is 6.61 Å². The van der Waals surface area contributed by atoms with Gasteiger partial charge in [0, 0.05) is 37.1 Å². The summed E-state index contributed by atoms with van der Waals surface area (Å²) in [5.74, 6) is 1.22. The van der Waals surface area contributed by atoms with Crippen LogP contribution in [0.15, 0.2) is 54.6 Å². The van der Waals surface area contributed by atoms with Gasteiger partial charge in [-0.25, -0.2) is 0 Å². The fourth-order valence-corrected chi connectivity index (χ4v) is 3.84. The largest absolute Gasteiger partial charge is 0.484 e. The Bertz CT molecular complexity index is 833. The summed E-state index contributed by atoms with van der Waals surface area (Å²) < 4.78 is 5.53. The molecule has 4 rings (SSSR count). The fraction of sp³-hybridized carbons (Fsp3) is 0.364. The van der Waals surface area contributed by atoms with E-state index in [0.29, 0.717) is 42.9 Å². The summed E-state index contributed by atoms with van der Waals surface area (Å²) in [6.07, 6.45) is 0.928. The number of hydrogen-bond acceptors (Lipinski definition) is 3. The third-order valence-electron chi connectivity index (χ3n) is 5.46. The lowest BCUT2D eigenvalue weighted by atomic mass is 10.1. The SMILES string of the molecule is O=C(COc1ccc(Cl)cc1)N1CCN(C(=O)C2CC2c2ccccc2)CC1. The van der Waals surface area contributed by atoms with Crippen LogP contribution in [0.1, 0.15) is 17.9 Å². The number of carbonyl (C=O) groups is 2. The van der Waals surface area contributed by atoms with Crippen LogP contribution in [0.5, 0.6) is 5.75 Å². The van der Waals surface area contributed by atoms with Crippen molar-refractivity contribution in [2.75, 3.05) is 32.8 Å². The molecule has 1 aliphatic heterocycles. The molecule has 2 unspecified atom stereocenters. The Labute approximate surface area is 169 Å². The molecular weight excluding hydrogens is 376 g/mol. The van der Waals surface area contributed by atoms with Crippen molar-refractivity contribution >= 4 is 23.4 Å². The third-order valence-corrected chi connectivity index (χ3v) is 5.71. The van der Waals surface area contributed by atoms with Crippen molar-refractivity contribution in [1.29, 1.82) is 0 Å². The smallest absolute Gasteiger partial charge is 0.260 e. The second-order valence-electron chi connectivity index (χ2n) is 7.31. The Hall–Kier alpha value is -2.53.